The fourth-order valence-electron chi connectivity index (χ4n) is 5.13. The van der Waals surface area contributed by atoms with Crippen LogP contribution in [0.4, 0.5) is 16.3 Å². The smallest absolute Gasteiger partial charge is 0.413 e. The van der Waals surface area contributed by atoms with Crippen LogP contribution in [0.3, 0.4) is 0 Å². The predicted molar refractivity (Wildman–Crippen MR) is 164 cm³/mol. The number of amides is 1. The van der Waals surface area contributed by atoms with Gasteiger partial charge in [0.1, 0.15) is 17.1 Å². The third-order valence-electron chi connectivity index (χ3n) is 7.23. The van der Waals surface area contributed by atoms with Gasteiger partial charge in [-0.05, 0) is 81.8 Å². The molecule has 10 heteroatoms. The van der Waals surface area contributed by atoms with Crippen LogP contribution in [0.5, 0.6) is 0 Å². The maximum Gasteiger partial charge on any atom is 0.413 e. The van der Waals surface area contributed by atoms with Crippen molar-refractivity contribution >= 4 is 34.6 Å². The molecular weight excluding hydrogens is 532 g/mol. The second kappa shape index (κ2) is 12.2. The van der Waals surface area contributed by atoms with E-state index in [4.69, 9.17) is 9.47 Å². The van der Waals surface area contributed by atoms with Crippen molar-refractivity contribution in [3.8, 4) is 11.1 Å². The third kappa shape index (κ3) is 6.71. The zero-order valence-corrected chi connectivity index (χ0v) is 24.9. The van der Waals surface area contributed by atoms with E-state index in [0.717, 1.165) is 60.6 Å². The van der Waals surface area contributed by atoms with Crippen molar-refractivity contribution in [3.63, 3.8) is 0 Å². The number of benzene rings is 1. The lowest BCUT2D eigenvalue weighted by molar-refractivity contribution is 0.0525. The molecule has 1 saturated heterocycles. The molecule has 3 aromatic heterocycles. The summed E-state index contributed by atoms with van der Waals surface area (Å²) in [7, 11) is 2.06. The molecule has 4 heterocycles. The van der Waals surface area contributed by atoms with Gasteiger partial charge in [0.25, 0.3) is 0 Å². The average Bonchev–Trinajstić information content (AvgIpc) is 3.28. The maximum atomic E-state index is 12.1. The van der Waals surface area contributed by atoms with Gasteiger partial charge in [0.15, 0.2) is 0 Å². The van der Waals surface area contributed by atoms with E-state index in [1.54, 1.807) is 12.3 Å². The molecule has 0 unspecified atom stereocenters. The number of aryl methyl sites for hydroxylation is 1. The van der Waals surface area contributed by atoms with E-state index >= 15 is 0 Å². The largest absolute Gasteiger partial charge is 0.462 e. The number of anilines is 2. The van der Waals surface area contributed by atoms with Crippen molar-refractivity contribution in [1.82, 2.24) is 19.4 Å². The van der Waals surface area contributed by atoms with Crippen molar-refractivity contribution in [2.45, 2.75) is 39.8 Å². The number of rotatable bonds is 7. The summed E-state index contributed by atoms with van der Waals surface area (Å²) in [6, 6.07) is 15.6. The van der Waals surface area contributed by atoms with Gasteiger partial charge in [0.05, 0.1) is 12.2 Å². The maximum absolute atomic E-state index is 12.1. The van der Waals surface area contributed by atoms with Gasteiger partial charge in [0.2, 0.25) is 0 Å². The molecule has 220 valence electrons. The summed E-state index contributed by atoms with van der Waals surface area (Å²) in [4.78, 5) is 38.0. The quantitative estimate of drug-likeness (QED) is 0.292. The first-order valence-electron chi connectivity index (χ1n) is 14.3. The second-order valence-corrected chi connectivity index (χ2v) is 11.4. The molecule has 1 N–H and O–H groups in total. The highest BCUT2D eigenvalue weighted by Crippen LogP contribution is 2.30. The Balaban J connectivity index is 1.24. The van der Waals surface area contributed by atoms with Crippen LogP contribution in [0.1, 0.15) is 43.7 Å². The van der Waals surface area contributed by atoms with Crippen molar-refractivity contribution in [2.75, 3.05) is 43.0 Å². The van der Waals surface area contributed by atoms with E-state index < -0.39 is 11.7 Å². The summed E-state index contributed by atoms with van der Waals surface area (Å²) in [5, 5.41) is 3.74. The Labute approximate surface area is 246 Å². The Morgan fingerprint density at radius 3 is 2.36 bits per heavy atom. The molecular formula is C32H38N6O4. The fraction of sp³-hybridized carbons (Fsp3) is 0.375. The predicted octanol–water partition coefficient (Wildman–Crippen LogP) is 5.48. The number of carbonyl (C=O) groups excluding carboxylic acids is 2. The van der Waals surface area contributed by atoms with Crippen LogP contribution in [-0.2, 0) is 23.1 Å². The topological polar surface area (TPSA) is 102 Å². The van der Waals surface area contributed by atoms with Crippen LogP contribution in [0, 0.1) is 0 Å². The number of nitrogens with zero attached hydrogens (tertiary/aromatic N) is 5. The van der Waals surface area contributed by atoms with Crippen molar-refractivity contribution in [1.29, 1.82) is 0 Å². The number of carbonyl (C=O) groups is 2. The second-order valence-electron chi connectivity index (χ2n) is 11.4. The molecule has 4 aromatic rings. The Morgan fingerprint density at radius 1 is 0.976 bits per heavy atom. The van der Waals surface area contributed by atoms with E-state index in [1.165, 1.54) is 5.69 Å². The number of esters is 1. The summed E-state index contributed by atoms with van der Waals surface area (Å²) < 4.78 is 12.6. The number of aromatic nitrogens is 3. The zero-order chi connectivity index (χ0) is 29.9. The number of fused-ring (bicyclic) bond motifs is 1. The zero-order valence-electron chi connectivity index (χ0n) is 24.9. The Hall–Kier alpha value is -4.44. The normalized spacial score (nSPS) is 14.2. The Morgan fingerprint density at radius 2 is 1.71 bits per heavy atom. The lowest BCUT2D eigenvalue weighted by Crippen LogP contribution is -2.46. The van der Waals surface area contributed by atoms with Crippen LogP contribution in [0.25, 0.3) is 22.2 Å². The van der Waals surface area contributed by atoms with Crippen molar-refractivity contribution in [2.24, 2.45) is 7.05 Å². The van der Waals surface area contributed by atoms with Gasteiger partial charge < -0.3 is 18.9 Å². The lowest BCUT2D eigenvalue weighted by Gasteiger charge is -2.36. The van der Waals surface area contributed by atoms with Gasteiger partial charge in [-0.15, -0.1) is 0 Å². The van der Waals surface area contributed by atoms with Crippen molar-refractivity contribution < 1.29 is 19.1 Å². The molecule has 1 amide bonds. The molecule has 0 aliphatic carbocycles. The number of piperazine rings is 1. The molecule has 1 aliphatic heterocycles. The monoisotopic (exact) mass is 570 g/mol. The van der Waals surface area contributed by atoms with Crippen LogP contribution in [0.15, 0.2) is 60.9 Å². The molecule has 1 aliphatic rings. The molecule has 10 nitrogen and oxygen atoms in total. The third-order valence-corrected chi connectivity index (χ3v) is 7.23. The molecule has 0 atom stereocenters. The number of hydrogen-bond donors (Lipinski definition) is 1. The fourth-order valence-corrected chi connectivity index (χ4v) is 5.13. The average molecular weight is 571 g/mol. The summed E-state index contributed by atoms with van der Waals surface area (Å²) in [5.41, 5.74) is 5.19. The van der Waals surface area contributed by atoms with E-state index in [9.17, 15) is 9.59 Å². The highest BCUT2D eigenvalue weighted by atomic mass is 16.6. The molecule has 0 bridgehead atoms. The minimum atomic E-state index is -0.579. The number of hydrogen-bond acceptors (Lipinski definition) is 8. The van der Waals surface area contributed by atoms with E-state index in [1.807, 2.05) is 70.3 Å². The first kappa shape index (κ1) is 29.1. The summed E-state index contributed by atoms with van der Waals surface area (Å²) in [5.74, 6) is 0.145. The Bertz CT molecular complexity index is 1550. The molecule has 42 heavy (non-hydrogen) atoms. The van der Waals surface area contributed by atoms with E-state index in [2.05, 4.69) is 42.8 Å². The van der Waals surface area contributed by atoms with Gasteiger partial charge in [-0.1, -0.05) is 0 Å². The number of pyridine rings is 2. The highest BCUT2D eigenvalue weighted by Gasteiger charge is 2.21. The SMILES string of the molecule is CCOC(=O)c1ccc(N2CCN(Cc3cc4c(-c5ccc(NC(=O)OC(C)(C)C)nc5)ccnc4n3C)CC2)cc1. The standard InChI is InChI=1S/C32H38N6O4/c1-6-41-30(39)22-7-10-24(11-8-22)38-17-15-37(16-18-38)21-25-19-27-26(13-14-33-29(27)36(25)5)23-9-12-28(34-20-23)35-31(40)42-32(2,3)4/h7-14,19-20H,6,15-18,21H2,1-5H3,(H,34,35,40). The van der Waals surface area contributed by atoms with Crippen LogP contribution >= 0.6 is 0 Å². The lowest BCUT2D eigenvalue weighted by atomic mass is 10.1. The van der Waals surface area contributed by atoms with E-state index in [-0.39, 0.29) is 5.97 Å². The highest BCUT2D eigenvalue weighted by molar-refractivity contribution is 5.94. The van der Waals surface area contributed by atoms with E-state index in [0.29, 0.717) is 18.0 Å². The first-order chi connectivity index (χ1) is 20.1. The Kier molecular flexibility index (Phi) is 8.44. The summed E-state index contributed by atoms with van der Waals surface area (Å²) in [6.45, 7) is 12.1. The van der Waals surface area contributed by atoms with Gasteiger partial charge in [-0.2, -0.15) is 0 Å². The molecule has 0 saturated carbocycles. The number of nitrogens with one attached hydrogen (secondary N) is 1. The minimum Gasteiger partial charge on any atom is -0.462 e. The van der Waals surface area contributed by atoms with Gasteiger partial charge in [-0.25, -0.2) is 19.6 Å². The summed E-state index contributed by atoms with van der Waals surface area (Å²) >= 11 is 0. The number of ether oxygens (including phenoxy) is 2. The van der Waals surface area contributed by atoms with Gasteiger partial charge >= 0.3 is 12.1 Å². The molecule has 1 aromatic carbocycles. The van der Waals surface area contributed by atoms with Crippen LogP contribution in [0.2, 0.25) is 0 Å². The van der Waals surface area contributed by atoms with Crippen molar-refractivity contribution in [3.05, 3.63) is 72.2 Å². The minimum absolute atomic E-state index is 0.287. The molecule has 0 spiro atoms. The first-order valence-corrected chi connectivity index (χ1v) is 14.3. The van der Waals surface area contributed by atoms with Gasteiger partial charge in [-0.3, -0.25) is 10.2 Å². The van der Waals surface area contributed by atoms with Gasteiger partial charge in [0, 0.05) is 74.5 Å². The summed E-state index contributed by atoms with van der Waals surface area (Å²) in [6.07, 6.45) is 3.04. The molecule has 1 fully saturated rings. The molecule has 0 radical (unpaired) electrons. The molecule has 5 rings (SSSR count). The van der Waals surface area contributed by atoms with Crippen LogP contribution in [-0.4, -0.2) is 69.9 Å². The van der Waals surface area contributed by atoms with Crippen LogP contribution < -0.4 is 10.2 Å².